The van der Waals surface area contributed by atoms with Crippen LogP contribution in [0.4, 0.5) is 0 Å². The summed E-state index contributed by atoms with van der Waals surface area (Å²) in [5, 5.41) is 7.66. The minimum atomic E-state index is -0.469. The maximum Gasteiger partial charge on any atom is 0.214 e. The smallest absolute Gasteiger partial charge is 0.214 e. The fourth-order valence-electron chi connectivity index (χ4n) is 4.33. The van der Waals surface area contributed by atoms with Gasteiger partial charge in [0.2, 0.25) is 12.0 Å². The Hall–Kier alpha value is -3.38. The molecule has 3 aromatic carbocycles. The molecule has 2 aliphatic heterocycles. The second-order valence-corrected chi connectivity index (χ2v) is 8.06. The first kappa shape index (κ1) is 20.5. The fraction of sp³-hybridized carbons (Fsp3) is 0.240. The molecule has 0 radical (unpaired) electrons. The van der Waals surface area contributed by atoms with Gasteiger partial charge in [-0.2, -0.15) is 5.10 Å². The Morgan fingerprint density at radius 1 is 0.938 bits per heavy atom. The fourth-order valence-corrected chi connectivity index (χ4v) is 4.51. The first-order valence-corrected chi connectivity index (χ1v) is 10.7. The van der Waals surface area contributed by atoms with Crippen molar-refractivity contribution in [3.8, 4) is 23.0 Å². The van der Waals surface area contributed by atoms with E-state index >= 15 is 0 Å². The van der Waals surface area contributed by atoms with Gasteiger partial charge in [0.05, 0.1) is 33.1 Å². The summed E-state index contributed by atoms with van der Waals surface area (Å²) in [7, 11) is 4.79. The molecule has 164 valence electrons. The van der Waals surface area contributed by atoms with E-state index in [1.807, 2.05) is 53.5 Å². The average molecular weight is 451 g/mol. The van der Waals surface area contributed by atoms with Crippen molar-refractivity contribution in [1.82, 2.24) is 5.01 Å². The third-order valence-corrected chi connectivity index (χ3v) is 6.07. The van der Waals surface area contributed by atoms with Crippen LogP contribution in [0.1, 0.15) is 35.4 Å². The molecule has 0 amide bonds. The van der Waals surface area contributed by atoms with Crippen LogP contribution in [0, 0.1) is 0 Å². The van der Waals surface area contributed by atoms with E-state index in [-0.39, 0.29) is 6.04 Å². The van der Waals surface area contributed by atoms with E-state index < -0.39 is 6.23 Å². The zero-order valence-electron chi connectivity index (χ0n) is 18.0. The van der Waals surface area contributed by atoms with Crippen molar-refractivity contribution in [1.29, 1.82) is 0 Å². The topological polar surface area (TPSA) is 52.5 Å². The van der Waals surface area contributed by atoms with Crippen molar-refractivity contribution in [2.45, 2.75) is 18.7 Å². The molecule has 6 nitrogen and oxygen atoms in total. The largest absolute Gasteiger partial charge is 0.493 e. The van der Waals surface area contributed by atoms with E-state index in [9.17, 15) is 0 Å². The summed E-state index contributed by atoms with van der Waals surface area (Å²) in [5.74, 6) is 2.46. The first-order valence-electron chi connectivity index (χ1n) is 10.3. The summed E-state index contributed by atoms with van der Waals surface area (Å²) in [6.45, 7) is 0. The molecule has 32 heavy (non-hydrogen) atoms. The van der Waals surface area contributed by atoms with E-state index in [0.29, 0.717) is 22.3 Å². The van der Waals surface area contributed by atoms with Gasteiger partial charge in [-0.05, 0) is 35.9 Å². The predicted molar refractivity (Wildman–Crippen MR) is 123 cm³/mol. The summed E-state index contributed by atoms with van der Waals surface area (Å²) in [6.07, 6.45) is 0.283. The van der Waals surface area contributed by atoms with Crippen molar-refractivity contribution in [2.24, 2.45) is 5.10 Å². The van der Waals surface area contributed by atoms with E-state index in [1.165, 1.54) is 0 Å². The lowest BCUT2D eigenvalue weighted by atomic mass is 9.96. The Labute approximate surface area is 191 Å². The molecular formula is C25H23ClN2O4. The molecule has 0 bridgehead atoms. The molecule has 0 N–H and O–H groups in total. The van der Waals surface area contributed by atoms with Gasteiger partial charge in [0, 0.05) is 22.6 Å². The quantitative estimate of drug-likeness (QED) is 0.505. The number of nitrogens with zero attached hydrogens (tertiary/aromatic N) is 2. The number of hydrogen-bond acceptors (Lipinski definition) is 6. The second kappa shape index (κ2) is 8.28. The van der Waals surface area contributed by atoms with Crippen LogP contribution in [0.5, 0.6) is 23.0 Å². The number of rotatable bonds is 5. The monoisotopic (exact) mass is 450 g/mol. The molecule has 0 saturated carbocycles. The summed E-state index contributed by atoms with van der Waals surface area (Å²) >= 11 is 6.33. The number of hydrazone groups is 1. The van der Waals surface area contributed by atoms with Crippen molar-refractivity contribution in [3.05, 3.63) is 82.4 Å². The average Bonchev–Trinajstić information content (AvgIpc) is 3.29. The minimum Gasteiger partial charge on any atom is -0.493 e. The molecule has 7 heteroatoms. The molecular weight excluding hydrogens is 428 g/mol. The van der Waals surface area contributed by atoms with Crippen LogP contribution in [0.3, 0.4) is 0 Å². The molecule has 0 spiro atoms. The maximum absolute atomic E-state index is 6.45. The molecule has 0 aromatic heterocycles. The molecule has 0 aliphatic carbocycles. The predicted octanol–water partition coefficient (Wildman–Crippen LogP) is 5.61. The highest BCUT2D eigenvalue weighted by molar-refractivity contribution is 6.30. The van der Waals surface area contributed by atoms with Crippen LogP contribution >= 0.6 is 11.6 Å². The van der Waals surface area contributed by atoms with Crippen LogP contribution in [0.25, 0.3) is 0 Å². The van der Waals surface area contributed by atoms with Gasteiger partial charge in [-0.3, -0.25) is 0 Å². The summed E-state index contributed by atoms with van der Waals surface area (Å²) in [4.78, 5) is 0. The SMILES string of the molecule is COc1cc([C@@H]2Oc3ccc(Cl)cc3[C@@H]3CC(c4ccccc4)=NN32)cc(OC)c1OC. The normalized spacial score (nSPS) is 18.9. The van der Waals surface area contributed by atoms with E-state index in [4.69, 9.17) is 35.6 Å². The van der Waals surface area contributed by atoms with Crippen molar-refractivity contribution >= 4 is 17.3 Å². The van der Waals surface area contributed by atoms with E-state index in [0.717, 1.165) is 34.6 Å². The highest BCUT2D eigenvalue weighted by Gasteiger charge is 2.41. The molecule has 2 heterocycles. The van der Waals surface area contributed by atoms with Gasteiger partial charge in [0.25, 0.3) is 0 Å². The van der Waals surface area contributed by atoms with Crippen LogP contribution in [0.2, 0.25) is 5.02 Å². The lowest BCUT2D eigenvalue weighted by Crippen LogP contribution is -2.33. The molecule has 2 aliphatic rings. The Balaban J connectivity index is 1.64. The number of benzene rings is 3. The lowest BCUT2D eigenvalue weighted by Gasteiger charge is -2.38. The van der Waals surface area contributed by atoms with Gasteiger partial charge in [-0.1, -0.05) is 41.9 Å². The van der Waals surface area contributed by atoms with Crippen molar-refractivity contribution in [3.63, 3.8) is 0 Å². The molecule has 3 aromatic rings. The maximum atomic E-state index is 6.45. The van der Waals surface area contributed by atoms with Crippen molar-refractivity contribution in [2.75, 3.05) is 21.3 Å². The second-order valence-electron chi connectivity index (χ2n) is 7.62. The van der Waals surface area contributed by atoms with Crippen LogP contribution in [0.15, 0.2) is 65.8 Å². The van der Waals surface area contributed by atoms with Gasteiger partial charge < -0.3 is 18.9 Å². The zero-order chi connectivity index (χ0) is 22.2. The van der Waals surface area contributed by atoms with Crippen LogP contribution < -0.4 is 18.9 Å². The molecule has 5 rings (SSSR count). The Morgan fingerprint density at radius 2 is 1.66 bits per heavy atom. The van der Waals surface area contributed by atoms with Gasteiger partial charge in [-0.25, -0.2) is 5.01 Å². The van der Waals surface area contributed by atoms with Gasteiger partial charge in [-0.15, -0.1) is 0 Å². The molecule has 0 saturated heterocycles. The van der Waals surface area contributed by atoms with Gasteiger partial charge >= 0.3 is 0 Å². The third-order valence-electron chi connectivity index (χ3n) is 5.83. The Bertz CT molecular complexity index is 1160. The van der Waals surface area contributed by atoms with Crippen LogP contribution in [-0.4, -0.2) is 32.0 Å². The lowest BCUT2D eigenvalue weighted by molar-refractivity contribution is -0.0192. The summed E-state index contributed by atoms with van der Waals surface area (Å²) < 4.78 is 23.1. The van der Waals surface area contributed by atoms with Gasteiger partial charge in [0.15, 0.2) is 11.5 Å². The minimum absolute atomic E-state index is 0.00301. The van der Waals surface area contributed by atoms with E-state index in [2.05, 4.69) is 12.1 Å². The third kappa shape index (κ3) is 3.41. The number of methoxy groups -OCH3 is 3. The first-order chi connectivity index (χ1) is 15.6. The number of fused-ring (bicyclic) bond motifs is 3. The van der Waals surface area contributed by atoms with Crippen molar-refractivity contribution < 1.29 is 18.9 Å². The molecule has 0 unspecified atom stereocenters. The number of halogens is 1. The van der Waals surface area contributed by atoms with Crippen LogP contribution in [-0.2, 0) is 0 Å². The van der Waals surface area contributed by atoms with Gasteiger partial charge in [0.1, 0.15) is 5.75 Å². The standard InChI is InChI=1S/C25H23ClN2O4/c1-29-22-11-16(12-23(30-2)24(22)31-3)25-28-20(18-13-17(26)9-10-21(18)32-25)14-19(27-28)15-7-5-4-6-8-15/h4-13,20,25H,14H2,1-3H3/t20-,25-/m0/s1. The molecule has 2 atom stereocenters. The molecule has 0 fully saturated rings. The zero-order valence-corrected chi connectivity index (χ0v) is 18.8. The number of ether oxygens (including phenoxy) is 4. The summed E-state index contributed by atoms with van der Waals surface area (Å²) in [6, 6.07) is 19.7. The summed E-state index contributed by atoms with van der Waals surface area (Å²) in [5.41, 5.74) is 3.97. The highest BCUT2D eigenvalue weighted by atomic mass is 35.5. The number of hydrogen-bond donors (Lipinski definition) is 0. The Kier molecular flexibility index (Phi) is 5.31. The highest BCUT2D eigenvalue weighted by Crippen LogP contribution is 2.50. The Morgan fingerprint density at radius 3 is 2.31 bits per heavy atom. The van der Waals surface area contributed by atoms with E-state index in [1.54, 1.807) is 21.3 Å².